The summed E-state index contributed by atoms with van der Waals surface area (Å²) in [4.78, 5) is 4.79. The van der Waals surface area contributed by atoms with Gasteiger partial charge in [0.1, 0.15) is 5.82 Å². The Morgan fingerprint density at radius 1 is 1.10 bits per heavy atom. The van der Waals surface area contributed by atoms with Crippen molar-refractivity contribution < 1.29 is 0 Å². The van der Waals surface area contributed by atoms with Gasteiger partial charge in [0, 0.05) is 16.6 Å². The highest BCUT2D eigenvalue weighted by atomic mass is 35.5. The Morgan fingerprint density at radius 2 is 1.90 bits per heavy atom. The summed E-state index contributed by atoms with van der Waals surface area (Å²) in [6.45, 7) is 6.44. The van der Waals surface area contributed by atoms with E-state index in [1.165, 1.54) is 5.56 Å². The maximum Gasteiger partial charge on any atom is 0.141 e. The Morgan fingerprint density at radius 3 is 2.60 bits per heavy atom. The van der Waals surface area contributed by atoms with Crippen LogP contribution in [-0.2, 0) is 0 Å². The van der Waals surface area contributed by atoms with Crippen molar-refractivity contribution in [2.45, 2.75) is 26.8 Å². The van der Waals surface area contributed by atoms with E-state index in [0.29, 0.717) is 6.04 Å². The number of hydrogen-bond donors (Lipinski definition) is 0. The zero-order valence-corrected chi connectivity index (χ0v) is 12.6. The molecule has 0 aliphatic rings. The molecule has 0 spiro atoms. The largest absolute Gasteiger partial charge is 0.321 e. The second-order valence-corrected chi connectivity index (χ2v) is 5.84. The summed E-state index contributed by atoms with van der Waals surface area (Å²) >= 11 is 6.13. The Balaban J connectivity index is 2.32. The van der Waals surface area contributed by atoms with Crippen molar-refractivity contribution >= 4 is 22.6 Å². The maximum absolute atomic E-state index is 6.13. The summed E-state index contributed by atoms with van der Waals surface area (Å²) < 4.78 is 2.25. The van der Waals surface area contributed by atoms with Crippen LogP contribution >= 0.6 is 11.6 Å². The molecule has 3 aromatic rings. The van der Waals surface area contributed by atoms with E-state index < -0.39 is 0 Å². The first-order valence-corrected chi connectivity index (χ1v) is 7.18. The molecule has 1 heterocycles. The summed E-state index contributed by atoms with van der Waals surface area (Å²) in [5, 5.41) is 0.745. The summed E-state index contributed by atoms with van der Waals surface area (Å²) in [5.74, 6) is 1.00. The molecular formula is C17H17ClN2. The Labute approximate surface area is 124 Å². The van der Waals surface area contributed by atoms with Crippen molar-refractivity contribution in [3.05, 3.63) is 53.1 Å². The number of imidazole rings is 1. The predicted molar refractivity (Wildman–Crippen MR) is 85.3 cm³/mol. The molecule has 2 aromatic carbocycles. The Bertz CT molecular complexity index is 772. The van der Waals surface area contributed by atoms with Gasteiger partial charge in [-0.05, 0) is 45.0 Å². The smallest absolute Gasteiger partial charge is 0.141 e. The third kappa shape index (κ3) is 2.20. The fourth-order valence-corrected chi connectivity index (χ4v) is 2.74. The van der Waals surface area contributed by atoms with Crippen LogP contribution in [0.5, 0.6) is 0 Å². The molecule has 102 valence electrons. The Kier molecular flexibility index (Phi) is 3.27. The highest BCUT2D eigenvalue weighted by molar-refractivity contribution is 6.31. The average molecular weight is 285 g/mol. The average Bonchev–Trinajstić information content (AvgIpc) is 2.77. The van der Waals surface area contributed by atoms with Gasteiger partial charge in [-0.15, -0.1) is 0 Å². The van der Waals surface area contributed by atoms with Crippen molar-refractivity contribution in [1.29, 1.82) is 0 Å². The molecule has 20 heavy (non-hydrogen) atoms. The number of fused-ring (bicyclic) bond motifs is 1. The molecule has 3 heteroatoms. The zero-order chi connectivity index (χ0) is 14.3. The number of benzene rings is 2. The third-order valence-electron chi connectivity index (χ3n) is 3.44. The summed E-state index contributed by atoms with van der Waals surface area (Å²) in [7, 11) is 0. The van der Waals surface area contributed by atoms with Gasteiger partial charge in [0.2, 0.25) is 0 Å². The van der Waals surface area contributed by atoms with E-state index in [2.05, 4.69) is 49.6 Å². The van der Waals surface area contributed by atoms with Crippen LogP contribution in [0.2, 0.25) is 5.02 Å². The minimum Gasteiger partial charge on any atom is -0.321 e. The summed E-state index contributed by atoms with van der Waals surface area (Å²) in [6.07, 6.45) is 0. The first-order chi connectivity index (χ1) is 9.56. The lowest BCUT2D eigenvalue weighted by Gasteiger charge is -2.13. The first kappa shape index (κ1) is 13.2. The SMILES string of the molecule is Cc1cccc(-c2nc3ccc(Cl)cc3n2C(C)C)c1. The van der Waals surface area contributed by atoms with Crippen molar-refractivity contribution in [3.8, 4) is 11.4 Å². The van der Waals surface area contributed by atoms with Crippen LogP contribution in [0.1, 0.15) is 25.5 Å². The molecule has 0 N–H and O–H groups in total. The van der Waals surface area contributed by atoms with E-state index in [1.807, 2.05) is 18.2 Å². The molecule has 0 aliphatic carbocycles. The van der Waals surface area contributed by atoms with Crippen LogP contribution in [0.3, 0.4) is 0 Å². The Hall–Kier alpha value is -1.80. The number of rotatable bonds is 2. The van der Waals surface area contributed by atoms with Crippen molar-refractivity contribution in [3.63, 3.8) is 0 Å². The zero-order valence-electron chi connectivity index (χ0n) is 11.9. The van der Waals surface area contributed by atoms with Gasteiger partial charge in [-0.2, -0.15) is 0 Å². The second-order valence-electron chi connectivity index (χ2n) is 5.40. The first-order valence-electron chi connectivity index (χ1n) is 6.81. The van der Waals surface area contributed by atoms with Crippen LogP contribution in [0.25, 0.3) is 22.4 Å². The molecule has 3 rings (SSSR count). The van der Waals surface area contributed by atoms with Gasteiger partial charge in [-0.25, -0.2) is 4.98 Å². The molecular weight excluding hydrogens is 268 g/mol. The lowest BCUT2D eigenvalue weighted by Crippen LogP contribution is -2.03. The molecule has 0 saturated carbocycles. The standard InChI is InChI=1S/C17H17ClN2/c1-11(2)20-16-10-14(18)7-8-15(16)19-17(20)13-6-4-5-12(3)9-13/h4-11H,1-3H3. The van der Waals surface area contributed by atoms with Crippen LogP contribution < -0.4 is 0 Å². The molecule has 0 atom stereocenters. The number of aryl methyl sites for hydroxylation is 1. The van der Waals surface area contributed by atoms with Gasteiger partial charge < -0.3 is 4.57 Å². The van der Waals surface area contributed by atoms with E-state index in [0.717, 1.165) is 27.4 Å². The number of halogens is 1. The van der Waals surface area contributed by atoms with Gasteiger partial charge in [-0.3, -0.25) is 0 Å². The van der Waals surface area contributed by atoms with E-state index in [9.17, 15) is 0 Å². The van der Waals surface area contributed by atoms with Gasteiger partial charge in [-0.1, -0.05) is 35.4 Å². The molecule has 0 saturated heterocycles. The molecule has 0 amide bonds. The molecule has 0 fully saturated rings. The quantitative estimate of drug-likeness (QED) is 0.629. The van der Waals surface area contributed by atoms with Gasteiger partial charge in [0.05, 0.1) is 11.0 Å². The van der Waals surface area contributed by atoms with Gasteiger partial charge >= 0.3 is 0 Å². The topological polar surface area (TPSA) is 17.8 Å². The molecule has 2 nitrogen and oxygen atoms in total. The van der Waals surface area contributed by atoms with Gasteiger partial charge in [0.15, 0.2) is 0 Å². The van der Waals surface area contributed by atoms with Crippen LogP contribution in [0.15, 0.2) is 42.5 Å². The monoisotopic (exact) mass is 284 g/mol. The lowest BCUT2D eigenvalue weighted by atomic mass is 10.1. The van der Waals surface area contributed by atoms with E-state index in [-0.39, 0.29) is 0 Å². The predicted octanol–water partition coefficient (Wildman–Crippen LogP) is 5.25. The van der Waals surface area contributed by atoms with E-state index in [1.54, 1.807) is 0 Å². The van der Waals surface area contributed by atoms with Crippen molar-refractivity contribution in [2.75, 3.05) is 0 Å². The number of aromatic nitrogens is 2. The van der Waals surface area contributed by atoms with E-state index >= 15 is 0 Å². The summed E-state index contributed by atoms with van der Waals surface area (Å²) in [5.41, 5.74) is 4.46. The van der Waals surface area contributed by atoms with E-state index in [4.69, 9.17) is 16.6 Å². The fourth-order valence-electron chi connectivity index (χ4n) is 2.58. The van der Waals surface area contributed by atoms with Crippen molar-refractivity contribution in [1.82, 2.24) is 9.55 Å². The maximum atomic E-state index is 6.13. The van der Waals surface area contributed by atoms with Crippen LogP contribution in [0, 0.1) is 6.92 Å². The van der Waals surface area contributed by atoms with Gasteiger partial charge in [0.25, 0.3) is 0 Å². The fraction of sp³-hybridized carbons (Fsp3) is 0.235. The summed E-state index contributed by atoms with van der Waals surface area (Å²) in [6, 6.07) is 14.6. The highest BCUT2D eigenvalue weighted by Crippen LogP contribution is 2.30. The van der Waals surface area contributed by atoms with Crippen LogP contribution in [0.4, 0.5) is 0 Å². The number of nitrogens with zero attached hydrogens (tertiary/aromatic N) is 2. The molecule has 0 aliphatic heterocycles. The third-order valence-corrected chi connectivity index (χ3v) is 3.68. The normalized spacial score (nSPS) is 11.4. The highest BCUT2D eigenvalue weighted by Gasteiger charge is 2.15. The van der Waals surface area contributed by atoms with Crippen molar-refractivity contribution in [2.24, 2.45) is 0 Å². The van der Waals surface area contributed by atoms with Crippen LogP contribution in [-0.4, -0.2) is 9.55 Å². The molecule has 0 radical (unpaired) electrons. The molecule has 0 bridgehead atoms. The minimum atomic E-state index is 0.328. The molecule has 0 unspecified atom stereocenters. The lowest BCUT2D eigenvalue weighted by molar-refractivity contribution is 0.624. The minimum absolute atomic E-state index is 0.328. The second kappa shape index (κ2) is 4.95. The number of hydrogen-bond acceptors (Lipinski definition) is 1. The molecule has 1 aromatic heterocycles.